The van der Waals surface area contributed by atoms with Crippen molar-refractivity contribution >= 4 is 34.5 Å². The van der Waals surface area contributed by atoms with Gasteiger partial charge in [-0.1, -0.05) is 23.7 Å². The number of para-hydroxylation sites is 1. The lowest BCUT2D eigenvalue weighted by atomic mass is 10.2. The molecule has 82 valence electrons. The van der Waals surface area contributed by atoms with Gasteiger partial charge >= 0.3 is 0 Å². The summed E-state index contributed by atoms with van der Waals surface area (Å²) < 4.78 is 0. The molecule has 16 heavy (non-hydrogen) atoms. The number of anilines is 1. The van der Waals surface area contributed by atoms with Crippen LogP contribution >= 0.6 is 22.9 Å². The highest BCUT2D eigenvalue weighted by molar-refractivity contribution is 7.08. The number of hydrogen-bond acceptors (Lipinski definition) is 2. The number of thiophene rings is 1. The SMILES string of the molecule is O=C(Cc1ccsc1)Nc1ccccc1Cl. The van der Waals surface area contributed by atoms with Gasteiger partial charge in [-0.15, -0.1) is 0 Å². The van der Waals surface area contributed by atoms with E-state index in [1.807, 2.05) is 29.0 Å². The van der Waals surface area contributed by atoms with E-state index in [9.17, 15) is 4.79 Å². The molecule has 2 rings (SSSR count). The second-order valence-corrected chi connectivity index (χ2v) is 4.52. The van der Waals surface area contributed by atoms with Crippen molar-refractivity contribution in [3.8, 4) is 0 Å². The highest BCUT2D eigenvalue weighted by atomic mass is 35.5. The number of rotatable bonds is 3. The highest BCUT2D eigenvalue weighted by Crippen LogP contribution is 2.20. The number of halogens is 1. The van der Waals surface area contributed by atoms with Gasteiger partial charge in [0, 0.05) is 0 Å². The largest absolute Gasteiger partial charge is 0.324 e. The summed E-state index contributed by atoms with van der Waals surface area (Å²) in [5, 5.41) is 7.26. The molecular formula is C12H10ClNOS. The fourth-order valence-electron chi connectivity index (χ4n) is 1.34. The number of hydrogen-bond donors (Lipinski definition) is 1. The minimum atomic E-state index is -0.0495. The van der Waals surface area contributed by atoms with Gasteiger partial charge in [-0.2, -0.15) is 11.3 Å². The Balaban J connectivity index is 2.00. The molecular weight excluding hydrogens is 242 g/mol. The number of amides is 1. The second-order valence-electron chi connectivity index (χ2n) is 3.34. The fraction of sp³-hybridized carbons (Fsp3) is 0.0833. The predicted octanol–water partition coefficient (Wildman–Crippen LogP) is 3.58. The van der Waals surface area contributed by atoms with Gasteiger partial charge in [0.25, 0.3) is 0 Å². The third-order valence-corrected chi connectivity index (χ3v) is 3.15. The first-order valence-electron chi connectivity index (χ1n) is 4.81. The van der Waals surface area contributed by atoms with Gasteiger partial charge in [0.2, 0.25) is 5.91 Å². The lowest BCUT2D eigenvalue weighted by Gasteiger charge is -2.05. The minimum Gasteiger partial charge on any atom is -0.324 e. The number of carbonyl (C=O) groups is 1. The average Bonchev–Trinajstić information content (AvgIpc) is 2.74. The van der Waals surface area contributed by atoms with Gasteiger partial charge in [0.05, 0.1) is 17.1 Å². The summed E-state index contributed by atoms with van der Waals surface area (Å²) in [5.74, 6) is -0.0495. The summed E-state index contributed by atoms with van der Waals surface area (Å²) in [6.07, 6.45) is 0.384. The fourth-order valence-corrected chi connectivity index (χ4v) is 2.19. The molecule has 1 aromatic heterocycles. The van der Waals surface area contributed by atoms with Gasteiger partial charge in [-0.05, 0) is 34.5 Å². The standard InChI is InChI=1S/C12H10ClNOS/c13-10-3-1-2-4-11(10)14-12(15)7-9-5-6-16-8-9/h1-6,8H,7H2,(H,14,15). The second kappa shape index (κ2) is 5.14. The van der Waals surface area contributed by atoms with E-state index in [4.69, 9.17) is 11.6 Å². The maximum atomic E-state index is 11.7. The molecule has 4 heteroatoms. The van der Waals surface area contributed by atoms with E-state index in [-0.39, 0.29) is 5.91 Å². The van der Waals surface area contributed by atoms with Crippen LogP contribution in [0.15, 0.2) is 41.1 Å². The molecule has 0 spiro atoms. The maximum absolute atomic E-state index is 11.7. The molecule has 0 aliphatic carbocycles. The molecule has 0 atom stereocenters. The van der Waals surface area contributed by atoms with E-state index in [1.165, 1.54) is 0 Å². The van der Waals surface area contributed by atoms with Crippen LogP contribution in [0.4, 0.5) is 5.69 Å². The topological polar surface area (TPSA) is 29.1 Å². The Morgan fingerprint density at radius 2 is 2.12 bits per heavy atom. The van der Waals surface area contributed by atoms with Crippen LogP contribution in [0.5, 0.6) is 0 Å². The summed E-state index contributed by atoms with van der Waals surface area (Å²) in [4.78, 5) is 11.7. The molecule has 0 bridgehead atoms. The van der Waals surface area contributed by atoms with E-state index in [0.717, 1.165) is 5.56 Å². The monoisotopic (exact) mass is 251 g/mol. The molecule has 0 radical (unpaired) electrons. The highest BCUT2D eigenvalue weighted by Gasteiger charge is 2.06. The Kier molecular flexibility index (Phi) is 3.59. The van der Waals surface area contributed by atoms with Crippen molar-refractivity contribution in [3.05, 3.63) is 51.7 Å². The smallest absolute Gasteiger partial charge is 0.228 e. The lowest BCUT2D eigenvalue weighted by Crippen LogP contribution is -2.14. The average molecular weight is 252 g/mol. The molecule has 1 heterocycles. The number of carbonyl (C=O) groups excluding carboxylic acids is 1. The Hall–Kier alpha value is -1.32. The van der Waals surface area contributed by atoms with Crippen LogP contribution in [0, 0.1) is 0 Å². The van der Waals surface area contributed by atoms with Crippen molar-refractivity contribution in [2.24, 2.45) is 0 Å². The Morgan fingerprint density at radius 3 is 2.81 bits per heavy atom. The molecule has 0 aliphatic heterocycles. The molecule has 2 nitrogen and oxygen atoms in total. The van der Waals surface area contributed by atoms with E-state index in [0.29, 0.717) is 17.1 Å². The predicted molar refractivity (Wildman–Crippen MR) is 68.1 cm³/mol. The number of nitrogens with one attached hydrogen (secondary N) is 1. The van der Waals surface area contributed by atoms with Crippen molar-refractivity contribution in [1.29, 1.82) is 0 Å². The Labute approximate surface area is 103 Å². The van der Waals surface area contributed by atoms with Crippen LogP contribution in [0.3, 0.4) is 0 Å². The van der Waals surface area contributed by atoms with Crippen molar-refractivity contribution in [3.63, 3.8) is 0 Å². The summed E-state index contributed by atoms with van der Waals surface area (Å²) in [6, 6.07) is 9.15. The molecule has 1 aromatic carbocycles. The van der Waals surface area contributed by atoms with Gasteiger partial charge in [0.1, 0.15) is 0 Å². The molecule has 0 unspecified atom stereocenters. The van der Waals surface area contributed by atoms with Crippen molar-refractivity contribution in [1.82, 2.24) is 0 Å². The normalized spacial score (nSPS) is 10.1. The van der Waals surface area contributed by atoms with Gasteiger partial charge in [-0.25, -0.2) is 0 Å². The molecule has 0 aliphatic rings. The van der Waals surface area contributed by atoms with Crippen LogP contribution in [-0.4, -0.2) is 5.91 Å². The van der Waals surface area contributed by atoms with Crippen molar-refractivity contribution in [2.75, 3.05) is 5.32 Å². The Morgan fingerprint density at radius 1 is 1.31 bits per heavy atom. The van der Waals surface area contributed by atoms with Crippen LogP contribution in [-0.2, 0) is 11.2 Å². The van der Waals surface area contributed by atoms with Gasteiger partial charge < -0.3 is 5.32 Å². The van der Waals surface area contributed by atoms with Crippen LogP contribution in [0.1, 0.15) is 5.56 Å². The summed E-state index contributed by atoms with van der Waals surface area (Å²) in [6.45, 7) is 0. The van der Waals surface area contributed by atoms with E-state index in [2.05, 4.69) is 5.32 Å². The third kappa shape index (κ3) is 2.84. The van der Waals surface area contributed by atoms with Crippen molar-refractivity contribution < 1.29 is 4.79 Å². The van der Waals surface area contributed by atoms with E-state index in [1.54, 1.807) is 23.5 Å². The zero-order chi connectivity index (χ0) is 11.4. The zero-order valence-electron chi connectivity index (χ0n) is 8.44. The van der Waals surface area contributed by atoms with Crippen LogP contribution in [0.25, 0.3) is 0 Å². The molecule has 2 aromatic rings. The maximum Gasteiger partial charge on any atom is 0.228 e. The summed E-state index contributed by atoms with van der Waals surface area (Å²) in [7, 11) is 0. The van der Waals surface area contributed by atoms with E-state index < -0.39 is 0 Å². The quantitative estimate of drug-likeness (QED) is 0.888. The third-order valence-electron chi connectivity index (χ3n) is 2.09. The Bertz CT molecular complexity index is 482. The van der Waals surface area contributed by atoms with E-state index >= 15 is 0 Å². The molecule has 0 saturated carbocycles. The van der Waals surface area contributed by atoms with Gasteiger partial charge in [0.15, 0.2) is 0 Å². The zero-order valence-corrected chi connectivity index (χ0v) is 10.0. The first-order valence-corrected chi connectivity index (χ1v) is 6.13. The molecule has 0 fully saturated rings. The number of benzene rings is 1. The first-order chi connectivity index (χ1) is 7.75. The molecule has 0 saturated heterocycles. The minimum absolute atomic E-state index is 0.0495. The summed E-state index contributed by atoms with van der Waals surface area (Å²) >= 11 is 7.52. The molecule has 1 N–H and O–H groups in total. The summed E-state index contributed by atoms with van der Waals surface area (Å²) in [5.41, 5.74) is 1.68. The van der Waals surface area contributed by atoms with Crippen LogP contribution in [0.2, 0.25) is 5.02 Å². The molecule has 1 amide bonds. The first kappa shape index (κ1) is 11.2. The lowest BCUT2D eigenvalue weighted by molar-refractivity contribution is -0.115. The van der Waals surface area contributed by atoms with Crippen LogP contribution < -0.4 is 5.32 Å². The van der Waals surface area contributed by atoms with Gasteiger partial charge in [-0.3, -0.25) is 4.79 Å². The van der Waals surface area contributed by atoms with Crippen molar-refractivity contribution in [2.45, 2.75) is 6.42 Å².